The molecule has 0 bridgehead atoms. The molecule has 1 unspecified atom stereocenters. The fourth-order valence-electron chi connectivity index (χ4n) is 3.41. The van der Waals surface area contributed by atoms with Crippen molar-refractivity contribution in [3.8, 4) is 5.75 Å². The Bertz CT molecular complexity index is 765. The van der Waals surface area contributed by atoms with E-state index in [4.69, 9.17) is 4.74 Å². The van der Waals surface area contributed by atoms with Crippen LogP contribution in [-0.2, 0) is 4.79 Å². The molecule has 27 heavy (non-hydrogen) atoms. The number of carbonyl (C=O) groups is 2. The number of ketones is 1. The van der Waals surface area contributed by atoms with E-state index in [1.54, 1.807) is 29.2 Å². The molecule has 0 saturated carbocycles. The molecule has 1 aliphatic rings. The van der Waals surface area contributed by atoms with E-state index in [1.165, 1.54) is 6.92 Å². The Morgan fingerprint density at radius 1 is 1.07 bits per heavy atom. The zero-order valence-corrected chi connectivity index (χ0v) is 15.5. The number of benzene rings is 2. The van der Waals surface area contributed by atoms with E-state index < -0.39 is 6.10 Å². The molecule has 1 aliphatic heterocycles. The molecule has 0 aromatic heterocycles. The Labute approximate surface area is 159 Å². The van der Waals surface area contributed by atoms with Crippen LogP contribution < -0.4 is 4.74 Å². The van der Waals surface area contributed by atoms with Crippen molar-refractivity contribution in [2.24, 2.45) is 5.92 Å². The van der Waals surface area contributed by atoms with Gasteiger partial charge in [0, 0.05) is 18.7 Å². The standard InChI is InChI=1S/C22H25NO4/c1-16(24)17-7-9-20(10-8-17)27-15-21(25)23-13-11-19(12-14-23)22(26)18-5-3-2-4-6-18/h2-10,19,22,26H,11-15H2,1H3. The van der Waals surface area contributed by atoms with Crippen molar-refractivity contribution in [3.05, 3.63) is 65.7 Å². The lowest BCUT2D eigenvalue weighted by Gasteiger charge is -2.34. The molecule has 3 rings (SSSR count). The van der Waals surface area contributed by atoms with Crippen molar-refractivity contribution in [2.75, 3.05) is 19.7 Å². The lowest BCUT2D eigenvalue weighted by Crippen LogP contribution is -2.42. The second-order valence-corrected chi connectivity index (χ2v) is 6.94. The molecule has 0 radical (unpaired) electrons. The minimum absolute atomic E-state index is 0.00168. The van der Waals surface area contributed by atoms with Crippen molar-refractivity contribution < 1.29 is 19.4 Å². The summed E-state index contributed by atoms with van der Waals surface area (Å²) in [5.74, 6) is 0.677. The van der Waals surface area contributed by atoms with Crippen molar-refractivity contribution in [3.63, 3.8) is 0 Å². The topological polar surface area (TPSA) is 66.8 Å². The Kier molecular flexibility index (Phi) is 6.24. The highest BCUT2D eigenvalue weighted by Gasteiger charge is 2.28. The summed E-state index contributed by atoms with van der Waals surface area (Å²) in [6, 6.07) is 16.5. The molecular formula is C22H25NO4. The second kappa shape index (κ2) is 8.82. The number of rotatable bonds is 6. The predicted octanol–water partition coefficient (Wildman–Crippen LogP) is 3.24. The van der Waals surface area contributed by atoms with E-state index in [1.807, 2.05) is 30.3 Å². The smallest absolute Gasteiger partial charge is 0.260 e. The second-order valence-electron chi connectivity index (χ2n) is 6.94. The first-order valence-electron chi connectivity index (χ1n) is 9.29. The molecule has 5 heteroatoms. The Hall–Kier alpha value is -2.66. The van der Waals surface area contributed by atoms with Crippen LogP contribution in [0.5, 0.6) is 5.75 Å². The minimum atomic E-state index is -0.487. The summed E-state index contributed by atoms with van der Waals surface area (Å²) in [5, 5.41) is 10.5. The summed E-state index contributed by atoms with van der Waals surface area (Å²) in [5.41, 5.74) is 1.55. The average molecular weight is 367 g/mol. The molecule has 1 atom stereocenters. The Morgan fingerprint density at radius 3 is 2.30 bits per heavy atom. The quantitative estimate of drug-likeness (QED) is 0.796. The number of amides is 1. The van der Waals surface area contributed by atoms with Crippen LogP contribution in [0.25, 0.3) is 0 Å². The number of hydrogen-bond acceptors (Lipinski definition) is 4. The number of nitrogens with zero attached hydrogens (tertiary/aromatic N) is 1. The Balaban J connectivity index is 1.46. The molecule has 1 N–H and O–H groups in total. The highest BCUT2D eigenvalue weighted by atomic mass is 16.5. The number of carbonyl (C=O) groups excluding carboxylic acids is 2. The average Bonchev–Trinajstić information content (AvgIpc) is 2.72. The van der Waals surface area contributed by atoms with Crippen LogP contribution in [0, 0.1) is 5.92 Å². The van der Waals surface area contributed by atoms with Gasteiger partial charge in [0.15, 0.2) is 12.4 Å². The molecule has 1 fully saturated rings. The molecule has 2 aromatic rings. The molecule has 2 aromatic carbocycles. The number of Topliss-reactive ketones (excluding diaryl/α,β-unsaturated/α-hetero) is 1. The van der Waals surface area contributed by atoms with Gasteiger partial charge in [-0.25, -0.2) is 0 Å². The van der Waals surface area contributed by atoms with E-state index in [2.05, 4.69) is 0 Å². The zero-order valence-electron chi connectivity index (χ0n) is 15.5. The molecule has 1 saturated heterocycles. The van der Waals surface area contributed by atoms with Crippen molar-refractivity contribution in [2.45, 2.75) is 25.9 Å². The van der Waals surface area contributed by atoms with Gasteiger partial charge in [-0.05, 0) is 55.5 Å². The number of likely N-dealkylation sites (tertiary alicyclic amines) is 1. The maximum Gasteiger partial charge on any atom is 0.260 e. The van der Waals surface area contributed by atoms with Crippen LogP contribution in [0.4, 0.5) is 0 Å². The first-order valence-corrected chi connectivity index (χ1v) is 9.29. The maximum absolute atomic E-state index is 12.4. The van der Waals surface area contributed by atoms with Crippen LogP contribution >= 0.6 is 0 Å². The maximum atomic E-state index is 12.4. The van der Waals surface area contributed by atoms with Crippen LogP contribution in [0.1, 0.15) is 41.8 Å². The Morgan fingerprint density at radius 2 is 1.70 bits per heavy atom. The van der Waals surface area contributed by atoms with Gasteiger partial charge in [-0.3, -0.25) is 9.59 Å². The number of piperidine rings is 1. The van der Waals surface area contributed by atoms with Gasteiger partial charge in [0.2, 0.25) is 0 Å². The van der Waals surface area contributed by atoms with E-state index in [0.29, 0.717) is 24.4 Å². The van der Waals surface area contributed by atoms with Gasteiger partial charge in [0.05, 0.1) is 6.10 Å². The van der Waals surface area contributed by atoms with Crippen molar-refractivity contribution in [1.82, 2.24) is 4.90 Å². The first-order chi connectivity index (χ1) is 13.0. The van der Waals surface area contributed by atoms with E-state index >= 15 is 0 Å². The number of hydrogen-bond donors (Lipinski definition) is 1. The first kappa shape index (κ1) is 19.1. The third-order valence-corrected chi connectivity index (χ3v) is 5.10. The molecule has 1 heterocycles. The molecule has 5 nitrogen and oxygen atoms in total. The molecule has 1 amide bonds. The molecular weight excluding hydrogens is 342 g/mol. The van der Waals surface area contributed by atoms with Gasteiger partial charge in [-0.15, -0.1) is 0 Å². The monoisotopic (exact) mass is 367 g/mol. The highest BCUT2D eigenvalue weighted by Crippen LogP contribution is 2.30. The summed E-state index contributed by atoms with van der Waals surface area (Å²) < 4.78 is 5.55. The van der Waals surface area contributed by atoms with Gasteiger partial charge < -0.3 is 14.7 Å². The third-order valence-electron chi connectivity index (χ3n) is 5.10. The van der Waals surface area contributed by atoms with Gasteiger partial charge in [0.1, 0.15) is 5.75 Å². The predicted molar refractivity (Wildman–Crippen MR) is 103 cm³/mol. The fourth-order valence-corrected chi connectivity index (χ4v) is 3.41. The summed E-state index contributed by atoms with van der Waals surface area (Å²) >= 11 is 0. The summed E-state index contributed by atoms with van der Waals surface area (Å²) in [7, 11) is 0. The molecule has 0 spiro atoms. The minimum Gasteiger partial charge on any atom is -0.484 e. The van der Waals surface area contributed by atoms with Gasteiger partial charge in [0.25, 0.3) is 5.91 Å². The highest BCUT2D eigenvalue weighted by molar-refractivity contribution is 5.94. The lowest BCUT2D eigenvalue weighted by atomic mass is 9.87. The van der Waals surface area contributed by atoms with Crippen molar-refractivity contribution >= 4 is 11.7 Å². The lowest BCUT2D eigenvalue weighted by molar-refractivity contribution is -0.135. The van der Waals surface area contributed by atoms with Crippen molar-refractivity contribution in [1.29, 1.82) is 0 Å². The SMILES string of the molecule is CC(=O)c1ccc(OCC(=O)N2CCC(C(O)c3ccccc3)CC2)cc1. The summed E-state index contributed by atoms with van der Waals surface area (Å²) in [4.78, 5) is 25.4. The van der Waals surface area contributed by atoms with E-state index in [9.17, 15) is 14.7 Å². The number of ether oxygens (including phenoxy) is 1. The summed E-state index contributed by atoms with van der Waals surface area (Å²) in [6.07, 6.45) is 1.06. The van der Waals surface area contributed by atoms with Gasteiger partial charge in [-0.1, -0.05) is 30.3 Å². The molecule has 142 valence electrons. The summed E-state index contributed by atoms with van der Waals surface area (Å²) in [6.45, 7) is 2.74. The zero-order chi connectivity index (χ0) is 19.2. The van der Waals surface area contributed by atoms with Crippen LogP contribution in [-0.4, -0.2) is 41.4 Å². The fraction of sp³-hybridized carbons (Fsp3) is 0.364. The van der Waals surface area contributed by atoms with E-state index in [-0.39, 0.29) is 24.2 Å². The largest absolute Gasteiger partial charge is 0.484 e. The van der Waals surface area contributed by atoms with Crippen LogP contribution in [0.15, 0.2) is 54.6 Å². The van der Waals surface area contributed by atoms with Crippen LogP contribution in [0.3, 0.4) is 0 Å². The normalized spacial score (nSPS) is 16.0. The van der Waals surface area contributed by atoms with Crippen LogP contribution in [0.2, 0.25) is 0 Å². The third kappa shape index (κ3) is 4.95. The number of aliphatic hydroxyl groups excluding tert-OH is 1. The molecule has 0 aliphatic carbocycles. The van der Waals surface area contributed by atoms with E-state index in [0.717, 1.165) is 18.4 Å². The number of aliphatic hydroxyl groups is 1. The van der Waals surface area contributed by atoms with Gasteiger partial charge in [-0.2, -0.15) is 0 Å². The van der Waals surface area contributed by atoms with Gasteiger partial charge >= 0.3 is 0 Å².